The van der Waals surface area contributed by atoms with E-state index in [1.165, 1.54) is 10.1 Å². The maximum Gasteiger partial charge on any atom is 0.330 e. The summed E-state index contributed by atoms with van der Waals surface area (Å²) in [6.45, 7) is 11.5. The number of hydroxylamine groups is 4. The van der Waals surface area contributed by atoms with Crippen molar-refractivity contribution in [1.29, 1.82) is 0 Å². The van der Waals surface area contributed by atoms with Gasteiger partial charge in [-0.1, -0.05) is 0 Å². The Hall–Kier alpha value is -1.40. The molecular formula is C14H24N2O5. The van der Waals surface area contributed by atoms with Gasteiger partial charge in [0.25, 0.3) is 0 Å². The van der Waals surface area contributed by atoms with Gasteiger partial charge in [0.05, 0.1) is 17.7 Å². The second-order valence-electron chi connectivity index (χ2n) is 6.88. The fraction of sp³-hybridized carbons (Fsp3) is 0.786. The quantitative estimate of drug-likeness (QED) is 0.785. The average molecular weight is 300 g/mol. The third-order valence-corrected chi connectivity index (χ3v) is 2.45. The summed E-state index contributed by atoms with van der Waals surface area (Å²) in [5, 5.41) is 12.0. The third-order valence-electron chi connectivity index (χ3n) is 2.45. The van der Waals surface area contributed by atoms with Gasteiger partial charge in [-0.15, -0.1) is 0 Å². The molecule has 0 aromatic carbocycles. The summed E-state index contributed by atoms with van der Waals surface area (Å²) in [5.74, 6) is 0.508. The first-order valence-corrected chi connectivity index (χ1v) is 6.85. The molecule has 0 bridgehead atoms. The van der Waals surface area contributed by atoms with Crippen molar-refractivity contribution in [3.05, 3.63) is 5.70 Å². The molecule has 1 unspecified atom stereocenters. The Labute approximate surface area is 125 Å². The number of hydrogen-bond acceptors (Lipinski definition) is 6. The Morgan fingerprint density at radius 3 is 2.05 bits per heavy atom. The number of aliphatic carboxylic acids is 1. The van der Waals surface area contributed by atoms with Crippen molar-refractivity contribution in [2.75, 3.05) is 13.1 Å². The van der Waals surface area contributed by atoms with Crippen molar-refractivity contribution < 1.29 is 24.4 Å². The highest BCUT2D eigenvalue weighted by Crippen LogP contribution is 2.25. The van der Waals surface area contributed by atoms with Crippen LogP contribution in [0.5, 0.6) is 0 Å². The molecule has 0 amide bonds. The van der Waals surface area contributed by atoms with Gasteiger partial charge in [0.2, 0.25) is 0 Å². The summed E-state index contributed by atoms with van der Waals surface area (Å²) in [5.41, 5.74) is -1.19. The Morgan fingerprint density at radius 1 is 1.14 bits per heavy atom. The number of carboxylic acids is 1. The van der Waals surface area contributed by atoms with Crippen LogP contribution in [0.25, 0.3) is 0 Å². The zero-order valence-corrected chi connectivity index (χ0v) is 13.5. The van der Waals surface area contributed by atoms with E-state index in [9.17, 15) is 14.7 Å². The second kappa shape index (κ2) is 6.15. The first kappa shape index (κ1) is 17.7. The molecular weight excluding hydrogens is 276 g/mol. The summed E-state index contributed by atoms with van der Waals surface area (Å²) >= 11 is 0. The fourth-order valence-corrected chi connectivity index (χ4v) is 1.93. The van der Waals surface area contributed by atoms with Crippen molar-refractivity contribution in [3.63, 3.8) is 0 Å². The molecule has 1 fully saturated rings. The van der Waals surface area contributed by atoms with Crippen LogP contribution in [-0.4, -0.2) is 57.5 Å². The third kappa shape index (κ3) is 5.13. The van der Waals surface area contributed by atoms with Crippen LogP contribution < -0.4 is 0 Å². The molecule has 1 aliphatic rings. The number of hydrogen-bond donors (Lipinski definition) is 1. The number of nitrogens with zero attached hydrogens (tertiary/aromatic N) is 2. The van der Waals surface area contributed by atoms with Gasteiger partial charge in [-0.2, -0.15) is 5.06 Å². The van der Waals surface area contributed by atoms with E-state index in [0.29, 0.717) is 13.1 Å². The summed E-state index contributed by atoms with van der Waals surface area (Å²) in [6.07, 6.45) is 0. The van der Waals surface area contributed by atoms with Crippen LogP contribution in [0.3, 0.4) is 0 Å². The van der Waals surface area contributed by atoms with Crippen molar-refractivity contribution in [2.24, 2.45) is 0 Å². The lowest BCUT2D eigenvalue weighted by molar-refractivity contribution is -0.290. The predicted octanol–water partition coefficient (Wildman–Crippen LogP) is 1.23. The van der Waals surface area contributed by atoms with Crippen molar-refractivity contribution in [1.82, 2.24) is 10.1 Å². The monoisotopic (exact) mass is 300 g/mol. The van der Waals surface area contributed by atoms with E-state index >= 15 is 0 Å². The van der Waals surface area contributed by atoms with Crippen LogP contribution in [0.15, 0.2) is 5.70 Å². The maximum atomic E-state index is 11.5. The molecule has 0 spiro atoms. The van der Waals surface area contributed by atoms with Crippen LogP contribution in [-0.2, 0) is 19.3 Å². The molecule has 7 nitrogen and oxygen atoms in total. The average Bonchev–Trinajstić information content (AvgIpc) is 2.26. The molecule has 0 aromatic rings. The molecule has 0 aromatic heterocycles. The number of carboxylic acid groups (broad SMARTS) is 1. The minimum Gasteiger partial charge on any atom is -0.480 e. The Kier molecular flexibility index (Phi) is 5.17. The minimum atomic E-state index is -1.24. The van der Waals surface area contributed by atoms with Gasteiger partial charge < -0.3 is 5.11 Å². The van der Waals surface area contributed by atoms with E-state index in [1.807, 2.05) is 41.5 Å². The van der Waals surface area contributed by atoms with E-state index < -0.39 is 23.2 Å². The molecule has 120 valence electrons. The highest BCUT2D eigenvalue weighted by atomic mass is 16.7. The first-order valence-electron chi connectivity index (χ1n) is 6.85. The van der Waals surface area contributed by atoms with Gasteiger partial charge in [-0.05, 0) is 41.5 Å². The molecule has 1 N–H and O–H groups in total. The SMILES string of the molecule is CC(C)(C)ON1CCN(OC(C)(C)C)C(C(=O)O)C1=C=O. The molecule has 1 heterocycles. The smallest absolute Gasteiger partial charge is 0.330 e. The van der Waals surface area contributed by atoms with E-state index in [0.717, 1.165) is 0 Å². The lowest BCUT2D eigenvalue weighted by Gasteiger charge is -2.43. The highest BCUT2D eigenvalue weighted by Gasteiger charge is 2.42. The molecule has 7 heteroatoms. The van der Waals surface area contributed by atoms with Crippen molar-refractivity contribution in [3.8, 4) is 0 Å². The van der Waals surface area contributed by atoms with Gasteiger partial charge in [0, 0.05) is 6.54 Å². The minimum absolute atomic E-state index is 0.0899. The molecule has 0 radical (unpaired) electrons. The van der Waals surface area contributed by atoms with E-state index in [2.05, 4.69) is 0 Å². The molecule has 21 heavy (non-hydrogen) atoms. The normalized spacial score (nSPS) is 21.3. The van der Waals surface area contributed by atoms with Crippen LogP contribution in [0, 0.1) is 0 Å². The van der Waals surface area contributed by atoms with Crippen LogP contribution in [0.4, 0.5) is 0 Å². The Bertz CT molecular complexity index is 443. The van der Waals surface area contributed by atoms with E-state index in [-0.39, 0.29) is 5.70 Å². The number of rotatable bonds is 3. The van der Waals surface area contributed by atoms with E-state index in [1.54, 1.807) is 5.94 Å². The summed E-state index contributed by atoms with van der Waals surface area (Å²) in [6, 6.07) is -1.24. The molecule has 0 saturated carbocycles. The summed E-state index contributed by atoms with van der Waals surface area (Å²) < 4.78 is 0. The topological polar surface area (TPSA) is 79.3 Å². The van der Waals surface area contributed by atoms with Crippen molar-refractivity contribution >= 4 is 11.9 Å². The number of carbonyl (C=O) groups is 1. The van der Waals surface area contributed by atoms with Crippen molar-refractivity contribution in [2.45, 2.75) is 58.8 Å². The molecule has 1 aliphatic heterocycles. The standard InChI is InChI=1S/C14H24N2O5/c1-13(2,3)20-15-7-8-16(21-14(4,5)6)11(12(18)19)10(15)9-17/h11H,7-8H2,1-6H3,(H,18,19). The lowest BCUT2D eigenvalue weighted by Crippen LogP contribution is -2.57. The fourth-order valence-electron chi connectivity index (χ4n) is 1.93. The molecule has 1 atom stereocenters. The summed E-state index contributed by atoms with van der Waals surface area (Å²) in [7, 11) is 0. The summed E-state index contributed by atoms with van der Waals surface area (Å²) in [4.78, 5) is 34.0. The zero-order chi connectivity index (χ0) is 16.4. The van der Waals surface area contributed by atoms with Crippen LogP contribution >= 0.6 is 0 Å². The van der Waals surface area contributed by atoms with Crippen LogP contribution in [0.1, 0.15) is 41.5 Å². The van der Waals surface area contributed by atoms with Gasteiger partial charge in [-0.3, -0.25) is 9.68 Å². The first-order chi connectivity index (χ1) is 9.44. The van der Waals surface area contributed by atoms with Gasteiger partial charge >= 0.3 is 5.97 Å². The molecule has 1 saturated heterocycles. The maximum absolute atomic E-state index is 11.5. The highest BCUT2D eigenvalue weighted by molar-refractivity contribution is 5.81. The van der Waals surface area contributed by atoms with Crippen LogP contribution in [0.2, 0.25) is 0 Å². The molecule has 1 rings (SSSR count). The second-order valence-corrected chi connectivity index (χ2v) is 6.88. The Balaban J connectivity index is 3.03. The predicted molar refractivity (Wildman–Crippen MR) is 75.7 cm³/mol. The number of piperazine rings is 1. The van der Waals surface area contributed by atoms with Gasteiger partial charge in [0.1, 0.15) is 0 Å². The zero-order valence-electron chi connectivity index (χ0n) is 13.5. The van der Waals surface area contributed by atoms with Gasteiger partial charge in [0.15, 0.2) is 17.7 Å². The Morgan fingerprint density at radius 2 is 1.67 bits per heavy atom. The number of carbonyl (C=O) groups excluding carboxylic acids is 1. The molecule has 0 aliphatic carbocycles. The largest absolute Gasteiger partial charge is 0.480 e. The van der Waals surface area contributed by atoms with Gasteiger partial charge in [-0.25, -0.2) is 14.7 Å². The lowest BCUT2D eigenvalue weighted by atomic mass is 10.1. The van der Waals surface area contributed by atoms with E-state index in [4.69, 9.17) is 9.68 Å².